The predicted octanol–water partition coefficient (Wildman–Crippen LogP) is 1.000. The maximum absolute atomic E-state index is 12.0. The second-order valence-corrected chi connectivity index (χ2v) is 7.17. The summed E-state index contributed by atoms with van der Waals surface area (Å²) in [6.07, 6.45) is 0.957. The number of piperazine rings is 1. The van der Waals surface area contributed by atoms with Crippen molar-refractivity contribution in [1.29, 1.82) is 0 Å². The molecule has 1 fully saturated rings. The van der Waals surface area contributed by atoms with Gasteiger partial charge >= 0.3 is 6.03 Å². The molecule has 0 radical (unpaired) electrons. The van der Waals surface area contributed by atoms with Crippen LogP contribution in [0.5, 0.6) is 0 Å². The van der Waals surface area contributed by atoms with Crippen molar-refractivity contribution in [2.45, 2.75) is 13.3 Å². The molecule has 0 saturated carbocycles. The molecule has 0 spiro atoms. The van der Waals surface area contributed by atoms with E-state index in [1.165, 1.54) is 4.88 Å². The van der Waals surface area contributed by atoms with E-state index in [9.17, 15) is 9.59 Å². The van der Waals surface area contributed by atoms with Crippen LogP contribution in [0.2, 0.25) is 0 Å². The summed E-state index contributed by atoms with van der Waals surface area (Å²) in [5.41, 5.74) is 0. The third kappa shape index (κ3) is 6.19. The van der Waals surface area contributed by atoms with E-state index in [1.54, 1.807) is 16.2 Å². The number of nitrogens with zero attached hydrogens (tertiary/aromatic N) is 2. The fourth-order valence-electron chi connectivity index (χ4n) is 2.50. The smallest absolute Gasteiger partial charge is 0.315 e. The van der Waals surface area contributed by atoms with E-state index >= 15 is 0 Å². The standard InChI is InChI=1S/C16H26N4O2S/c1-13(10-14-4-3-9-23-14)11-17-16(22)18-12-15(21)20-7-5-19(2)6-8-20/h3-4,9,13H,5-8,10-12H2,1-2H3,(H2,17,18,22). The highest BCUT2D eigenvalue weighted by molar-refractivity contribution is 7.09. The largest absolute Gasteiger partial charge is 0.339 e. The Kier molecular flexibility index (Phi) is 6.85. The van der Waals surface area contributed by atoms with Crippen molar-refractivity contribution in [2.24, 2.45) is 5.92 Å². The molecule has 128 valence electrons. The molecule has 1 aromatic heterocycles. The van der Waals surface area contributed by atoms with Crippen molar-refractivity contribution in [2.75, 3.05) is 46.3 Å². The Bertz CT molecular complexity index is 498. The van der Waals surface area contributed by atoms with Crippen LogP contribution in [0.25, 0.3) is 0 Å². The molecule has 1 aliphatic heterocycles. The predicted molar refractivity (Wildman–Crippen MR) is 92.7 cm³/mol. The van der Waals surface area contributed by atoms with Gasteiger partial charge in [-0.3, -0.25) is 4.79 Å². The maximum atomic E-state index is 12.0. The minimum atomic E-state index is -0.273. The summed E-state index contributed by atoms with van der Waals surface area (Å²) in [6, 6.07) is 3.87. The van der Waals surface area contributed by atoms with E-state index in [0.717, 1.165) is 32.6 Å². The Balaban J connectivity index is 1.60. The molecule has 7 heteroatoms. The molecule has 1 unspecified atom stereocenters. The molecule has 0 bridgehead atoms. The fraction of sp³-hybridized carbons (Fsp3) is 0.625. The number of nitrogens with one attached hydrogen (secondary N) is 2. The number of rotatable bonds is 6. The number of carbonyl (C=O) groups excluding carboxylic acids is 2. The Labute approximate surface area is 141 Å². The van der Waals surface area contributed by atoms with Crippen molar-refractivity contribution >= 4 is 23.3 Å². The van der Waals surface area contributed by atoms with E-state index in [2.05, 4.69) is 33.9 Å². The minimum absolute atomic E-state index is 0.0140. The van der Waals surface area contributed by atoms with Gasteiger partial charge in [-0.15, -0.1) is 11.3 Å². The van der Waals surface area contributed by atoms with Gasteiger partial charge in [-0.25, -0.2) is 4.79 Å². The van der Waals surface area contributed by atoms with Crippen molar-refractivity contribution in [1.82, 2.24) is 20.4 Å². The van der Waals surface area contributed by atoms with E-state index in [1.807, 2.05) is 13.1 Å². The fourth-order valence-corrected chi connectivity index (χ4v) is 3.37. The van der Waals surface area contributed by atoms with Gasteiger partial charge in [-0.05, 0) is 30.8 Å². The lowest BCUT2D eigenvalue weighted by molar-refractivity contribution is -0.131. The first-order valence-corrected chi connectivity index (χ1v) is 8.93. The molecule has 1 saturated heterocycles. The SMILES string of the molecule is CC(CNC(=O)NCC(=O)N1CCN(C)CC1)Cc1cccs1. The quantitative estimate of drug-likeness (QED) is 0.813. The number of amides is 3. The highest BCUT2D eigenvalue weighted by atomic mass is 32.1. The summed E-state index contributed by atoms with van der Waals surface area (Å²) in [6.45, 7) is 6.01. The zero-order valence-corrected chi connectivity index (χ0v) is 14.7. The first-order valence-electron chi connectivity index (χ1n) is 8.05. The average molecular weight is 338 g/mol. The molecule has 2 N–H and O–H groups in total. The maximum Gasteiger partial charge on any atom is 0.315 e. The lowest BCUT2D eigenvalue weighted by Crippen LogP contribution is -2.51. The Morgan fingerprint density at radius 1 is 1.26 bits per heavy atom. The van der Waals surface area contributed by atoms with Crippen LogP contribution in [0.1, 0.15) is 11.8 Å². The van der Waals surface area contributed by atoms with Gasteiger partial charge in [0.25, 0.3) is 0 Å². The van der Waals surface area contributed by atoms with Gasteiger partial charge in [0.15, 0.2) is 0 Å². The summed E-state index contributed by atoms with van der Waals surface area (Å²) in [5.74, 6) is 0.354. The van der Waals surface area contributed by atoms with Gasteiger partial charge in [0, 0.05) is 37.6 Å². The molecule has 1 aromatic rings. The molecule has 6 nitrogen and oxygen atoms in total. The van der Waals surface area contributed by atoms with Crippen molar-refractivity contribution in [3.05, 3.63) is 22.4 Å². The zero-order chi connectivity index (χ0) is 16.7. The molecule has 23 heavy (non-hydrogen) atoms. The summed E-state index contributed by atoms with van der Waals surface area (Å²) >= 11 is 1.73. The van der Waals surface area contributed by atoms with Gasteiger partial charge in [-0.1, -0.05) is 13.0 Å². The molecule has 2 heterocycles. The van der Waals surface area contributed by atoms with Gasteiger partial charge in [0.2, 0.25) is 5.91 Å². The number of hydrogen-bond acceptors (Lipinski definition) is 4. The summed E-state index contributed by atoms with van der Waals surface area (Å²) in [4.78, 5) is 29.1. The highest BCUT2D eigenvalue weighted by Gasteiger charge is 2.19. The summed E-state index contributed by atoms with van der Waals surface area (Å²) in [5, 5.41) is 7.55. The van der Waals surface area contributed by atoms with Gasteiger partial charge in [0.1, 0.15) is 0 Å². The highest BCUT2D eigenvalue weighted by Crippen LogP contribution is 2.13. The second-order valence-electron chi connectivity index (χ2n) is 6.14. The van der Waals surface area contributed by atoms with Crippen LogP contribution >= 0.6 is 11.3 Å². The van der Waals surface area contributed by atoms with Crippen LogP contribution in [0, 0.1) is 5.92 Å². The molecule has 1 aliphatic rings. The second kappa shape index (κ2) is 8.88. The first kappa shape index (κ1) is 17.7. The molecule has 3 amide bonds. The third-order valence-corrected chi connectivity index (χ3v) is 4.90. The normalized spacial score (nSPS) is 16.9. The molecular formula is C16H26N4O2S. The van der Waals surface area contributed by atoms with Crippen LogP contribution < -0.4 is 10.6 Å². The van der Waals surface area contributed by atoms with Crippen molar-refractivity contribution < 1.29 is 9.59 Å². The Hall–Kier alpha value is -1.60. The van der Waals surface area contributed by atoms with Crippen LogP contribution in [0.15, 0.2) is 17.5 Å². The van der Waals surface area contributed by atoms with Crippen molar-refractivity contribution in [3.8, 4) is 0 Å². The minimum Gasteiger partial charge on any atom is -0.339 e. The van der Waals surface area contributed by atoms with Crippen LogP contribution in [0.3, 0.4) is 0 Å². The Morgan fingerprint density at radius 3 is 2.65 bits per heavy atom. The average Bonchev–Trinajstić information content (AvgIpc) is 3.04. The van der Waals surface area contributed by atoms with E-state index < -0.39 is 0 Å². The van der Waals surface area contributed by atoms with Crippen molar-refractivity contribution in [3.63, 3.8) is 0 Å². The van der Waals surface area contributed by atoms with E-state index in [0.29, 0.717) is 12.5 Å². The monoisotopic (exact) mass is 338 g/mol. The summed E-state index contributed by atoms with van der Waals surface area (Å²) < 4.78 is 0. The lowest BCUT2D eigenvalue weighted by atomic mass is 10.1. The van der Waals surface area contributed by atoms with Gasteiger partial charge in [-0.2, -0.15) is 0 Å². The molecule has 0 aromatic carbocycles. The molecular weight excluding hydrogens is 312 g/mol. The van der Waals surface area contributed by atoms with Crippen LogP contribution in [-0.2, 0) is 11.2 Å². The lowest BCUT2D eigenvalue weighted by Gasteiger charge is -2.32. The number of hydrogen-bond donors (Lipinski definition) is 2. The van der Waals surface area contributed by atoms with E-state index in [-0.39, 0.29) is 18.5 Å². The number of urea groups is 1. The molecule has 0 aliphatic carbocycles. The van der Waals surface area contributed by atoms with Gasteiger partial charge in [0.05, 0.1) is 6.54 Å². The van der Waals surface area contributed by atoms with Crippen LogP contribution in [-0.4, -0.2) is 68.1 Å². The first-order chi connectivity index (χ1) is 11.0. The summed E-state index contributed by atoms with van der Waals surface area (Å²) in [7, 11) is 2.05. The van der Waals surface area contributed by atoms with Gasteiger partial charge < -0.3 is 20.4 Å². The number of thiophene rings is 1. The van der Waals surface area contributed by atoms with E-state index in [4.69, 9.17) is 0 Å². The third-order valence-electron chi connectivity index (χ3n) is 4.00. The Morgan fingerprint density at radius 2 is 2.00 bits per heavy atom. The topological polar surface area (TPSA) is 64.7 Å². The van der Waals surface area contributed by atoms with Crippen LogP contribution in [0.4, 0.5) is 4.79 Å². The number of likely N-dealkylation sites (N-methyl/N-ethyl adjacent to an activating group) is 1. The molecule has 1 atom stereocenters. The zero-order valence-electron chi connectivity index (χ0n) is 13.9. The molecule has 2 rings (SSSR count). The number of carbonyl (C=O) groups is 2.